The van der Waals surface area contributed by atoms with Gasteiger partial charge in [-0.3, -0.25) is 9.69 Å². The van der Waals surface area contributed by atoms with Crippen LogP contribution in [0, 0.1) is 9.39 Å². The molecule has 0 saturated carbocycles. The maximum Gasteiger partial charge on any atom is 0.325 e. The van der Waals surface area contributed by atoms with Gasteiger partial charge in [0.05, 0.1) is 18.5 Å². The Morgan fingerprint density at radius 1 is 1.07 bits per heavy atom. The zero-order chi connectivity index (χ0) is 28.2. The van der Waals surface area contributed by atoms with E-state index in [0.29, 0.717) is 34.8 Å². The summed E-state index contributed by atoms with van der Waals surface area (Å²) >= 11 is 2.04. The number of urea groups is 1. The van der Waals surface area contributed by atoms with Gasteiger partial charge in [-0.15, -0.1) is 0 Å². The standard InChI is InChI=1S/C29H26FIN4O5/c30-23-13-19(31)8-11-22(23)24-14-32-27(33-24)25(12-17-4-2-1-3-5-17)35-28(38)26(34-29(35)39)18-6-9-21(10-7-18)40-16-20(37)15-36/h1-11,13-14,20,25-26,36-37H,12,15-16H2,(H,32,33)(H,34,39)/t20?,25-,26?/m0/s1. The summed E-state index contributed by atoms with van der Waals surface area (Å²) < 4.78 is 20.9. The molecule has 3 amide bonds. The molecule has 0 spiro atoms. The Morgan fingerprint density at radius 3 is 2.52 bits per heavy atom. The molecule has 4 N–H and O–H groups in total. The van der Waals surface area contributed by atoms with Crippen LogP contribution >= 0.6 is 22.6 Å². The minimum absolute atomic E-state index is 0.0822. The largest absolute Gasteiger partial charge is 0.491 e. The van der Waals surface area contributed by atoms with Crippen LogP contribution in [0.2, 0.25) is 0 Å². The molecule has 0 aliphatic carbocycles. The second kappa shape index (κ2) is 12.1. The number of benzene rings is 3. The number of imidazole rings is 1. The van der Waals surface area contributed by atoms with Crippen molar-refractivity contribution in [3.05, 3.63) is 105 Å². The highest BCUT2D eigenvalue weighted by molar-refractivity contribution is 14.1. The van der Waals surface area contributed by atoms with Crippen LogP contribution in [0.5, 0.6) is 5.75 Å². The second-order valence-corrected chi connectivity index (χ2v) is 10.6. The number of rotatable bonds is 10. The lowest BCUT2D eigenvalue weighted by atomic mass is 10.0. The van der Waals surface area contributed by atoms with Crippen LogP contribution in [0.4, 0.5) is 9.18 Å². The highest BCUT2D eigenvalue weighted by Gasteiger charge is 2.44. The first-order valence-corrected chi connectivity index (χ1v) is 13.6. The molecule has 1 aliphatic rings. The Balaban J connectivity index is 1.42. The molecule has 3 aromatic carbocycles. The van der Waals surface area contributed by atoms with E-state index in [1.165, 1.54) is 12.3 Å². The number of imide groups is 1. The van der Waals surface area contributed by atoms with Crippen LogP contribution in [0.25, 0.3) is 11.3 Å². The first kappa shape index (κ1) is 27.7. The van der Waals surface area contributed by atoms with Gasteiger partial charge in [0, 0.05) is 15.6 Å². The molecule has 5 rings (SSSR count). The number of carbonyl (C=O) groups is 2. The van der Waals surface area contributed by atoms with E-state index in [2.05, 4.69) is 15.3 Å². The fourth-order valence-corrected chi connectivity index (χ4v) is 4.97. The first-order valence-electron chi connectivity index (χ1n) is 12.5. The lowest BCUT2D eigenvalue weighted by Gasteiger charge is -2.24. The molecular weight excluding hydrogens is 630 g/mol. The van der Waals surface area contributed by atoms with Crippen LogP contribution in [0.1, 0.15) is 29.0 Å². The molecule has 0 bridgehead atoms. The highest BCUT2D eigenvalue weighted by Crippen LogP contribution is 2.33. The third kappa shape index (κ3) is 6.01. The van der Waals surface area contributed by atoms with Crippen molar-refractivity contribution in [3.63, 3.8) is 0 Å². The number of aromatic nitrogens is 2. The number of H-pyrrole nitrogens is 1. The van der Waals surface area contributed by atoms with Gasteiger partial charge >= 0.3 is 6.03 Å². The van der Waals surface area contributed by atoms with E-state index in [0.717, 1.165) is 14.0 Å². The van der Waals surface area contributed by atoms with Crippen LogP contribution in [0.3, 0.4) is 0 Å². The molecule has 1 aliphatic heterocycles. The van der Waals surface area contributed by atoms with Crippen molar-refractivity contribution < 1.29 is 28.9 Å². The van der Waals surface area contributed by atoms with E-state index < -0.39 is 42.6 Å². The van der Waals surface area contributed by atoms with E-state index in [9.17, 15) is 19.1 Å². The van der Waals surface area contributed by atoms with Crippen molar-refractivity contribution in [2.45, 2.75) is 24.6 Å². The molecule has 1 saturated heterocycles. The van der Waals surface area contributed by atoms with E-state index in [1.54, 1.807) is 36.4 Å². The maximum atomic E-state index is 14.7. The topological polar surface area (TPSA) is 128 Å². The number of hydrogen-bond donors (Lipinski definition) is 4. The molecule has 2 heterocycles. The number of aromatic amines is 1. The van der Waals surface area contributed by atoms with Crippen molar-refractivity contribution in [2.75, 3.05) is 13.2 Å². The molecule has 9 nitrogen and oxygen atoms in total. The van der Waals surface area contributed by atoms with Gasteiger partial charge in [0.2, 0.25) is 0 Å². The Labute approximate surface area is 243 Å². The number of carbonyl (C=O) groups excluding carboxylic acids is 2. The summed E-state index contributed by atoms with van der Waals surface area (Å²) in [6, 6.07) is 18.6. The van der Waals surface area contributed by atoms with Gasteiger partial charge < -0.3 is 25.3 Å². The van der Waals surface area contributed by atoms with Crippen molar-refractivity contribution >= 4 is 34.5 Å². The first-order chi connectivity index (χ1) is 19.3. The number of amides is 3. The highest BCUT2D eigenvalue weighted by atomic mass is 127. The molecule has 206 valence electrons. The fraction of sp³-hybridized carbons (Fsp3) is 0.207. The number of aliphatic hydroxyl groups is 2. The minimum atomic E-state index is -1.00. The summed E-state index contributed by atoms with van der Waals surface area (Å²) in [5, 5.41) is 21.2. The van der Waals surface area contributed by atoms with Gasteiger partial charge in [0.15, 0.2) is 0 Å². The summed E-state index contributed by atoms with van der Waals surface area (Å²) in [7, 11) is 0. The fourth-order valence-electron chi connectivity index (χ4n) is 4.51. The summed E-state index contributed by atoms with van der Waals surface area (Å²) in [6.45, 7) is -0.501. The number of aliphatic hydroxyl groups excluding tert-OH is 2. The molecule has 2 unspecified atom stereocenters. The van der Waals surface area contributed by atoms with E-state index >= 15 is 0 Å². The monoisotopic (exact) mass is 656 g/mol. The average molecular weight is 656 g/mol. The number of nitrogens with zero attached hydrogens (tertiary/aromatic N) is 2. The SMILES string of the molecule is O=C1NC(c2ccc(OCC(O)CO)cc2)C(=O)N1[C@@H](Cc1ccccc1)c1ncc(-c2ccc(I)cc2F)[nH]1. The van der Waals surface area contributed by atoms with Crippen LogP contribution in [-0.2, 0) is 11.2 Å². The Hall–Kier alpha value is -3.81. The zero-order valence-corrected chi connectivity index (χ0v) is 23.3. The maximum absolute atomic E-state index is 14.7. The van der Waals surface area contributed by atoms with Gasteiger partial charge in [0.25, 0.3) is 5.91 Å². The van der Waals surface area contributed by atoms with E-state index in [-0.39, 0.29) is 6.61 Å². The van der Waals surface area contributed by atoms with Crippen LogP contribution in [0.15, 0.2) is 79.0 Å². The summed E-state index contributed by atoms with van der Waals surface area (Å²) in [4.78, 5) is 35.7. The van der Waals surface area contributed by atoms with Crippen molar-refractivity contribution in [2.24, 2.45) is 0 Å². The molecule has 1 aromatic heterocycles. The Kier molecular flexibility index (Phi) is 8.43. The lowest BCUT2D eigenvalue weighted by molar-refractivity contribution is -0.129. The zero-order valence-electron chi connectivity index (χ0n) is 21.1. The lowest BCUT2D eigenvalue weighted by Crippen LogP contribution is -2.36. The van der Waals surface area contributed by atoms with Crippen molar-refractivity contribution in [1.29, 1.82) is 0 Å². The predicted octanol–water partition coefficient (Wildman–Crippen LogP) is 4.13. The smallest absolute Gasteiger partial charge is 0.325 e. The van der Waals surface area contributed by atoms with Gasteiger partial charge in [-0.1, -0.05) is 42.5 Å². The van der Waals surface area contributed by atoms with Crippen molar-refractivity contribution in [3.8, 4) is 17.0 Å². The molecule has 11 heteroatoms. The number of halogens is 2. The summed E-state index contributed by atoms with van der Waals surface area (Å²) in [6.07, 6.45) is 0.797. The number of ether oxygens (including phenoxy) is 1. The van der Waals surface area contributed by atoms with Gasteiger partial charge in [-0.2, -0.15) is 0 Å². The van der Waals surface area contributed by atoms with E-state index in [1.807, 2.05) is 52.9 Å². The molecule has 0 radical (unpaired) electrons. The quantitative estimate of drug-likeness (QED) is 0.150. The molecule has 40 heavy (non-hydrogen) atoms. The summed E-state index contributed by atoms with van der Waals surface area (Å²) in [5.41, 5.74) is 2.21. The predicted molar refractivity (Wildman–Crippen MR) is 153 cm³/mol. The normalized spacial score (nSPS) is 16.6. The molecule has 3 atom stereocenters. The third-order valence-electron chi connectivity index (χ3n) is 6.55. The Morgan fingerprint density at radius 2 is 1.82 bits per heavy atom. The minimum Gasteiger partial charge on any atom is -0.491 e. The molecule has 4 aromatic rings. The van der Waals surface area contributed by atoms with Gasteiger partial charge in [-0.25, -0.2) is 14.2 Å². The molecule has 1 fully saturated rings. The molecular formula is C29H26FIN4O5. The van der Waals surface area contributed by atoms with Crippen LogP contribution in [-0.4, -0.2) is 56.3 Å². The number of hydrogen-bond acceptors (Lipinski definition) is 6. The van der Waals surface area contributed by atoms with Crippen LogP contribution < -0.4 is 10.1 Å². The second-order valence-electron chi connectivity index (χ2n) is 9.32. The third-order valence-corrected chi connectivity index (χ3v) is 7.22. The van der Waals surface area contributed by atoms with E-state index in [4.69, 9.17) is 9.84 Å². The summed E-state index contributed by atoms with van der Waals surface area (Å²) in [5.74, 6) is -0.0614. The average Bonchev–Trinajstić information content (AvgIpc) is 3.55. The number of nitrogens with one attached hydrogen (secondary N) is 2. The van der Waals surface area contributed by atoms with Gasteiger partial charge in [0.1, 0.15) is 42.2 Å². The van der Waals surface area contributed by atoms with Crippen molar-refractivity contribution in [1.82, 2.24) is 20.2 Å². The van der Waals surface area contributed by atoms with Gasteiger partial charge in [-0.05, 0) is 64.0 Å². The Bertz CT molecular complexity index is 1500.